The van der Waals surface area contributed by atoms with E-state index >= 15 is 0 Å². The Hall–Kier alpha value is -1.09. The number of rotatable bonds is 0. The van der Waals surface area contributed by atoms with E-state index in [1.165, 1.54) is 0 Å². The first-order valence-electron chi connectivity index (χ1n) is 3.40. The van der Waals surface area contributed by atoms with Crippen molar-refractivity contribution in [1.29, 1.82) is 0 Å². The van der Waals surface area contributed by atoms with Crippen molar-refractivity contribution in [3.8, 4) is 5.75 Å². The quantitative estimate of drug-likeness (QED) is 0.588. The predicted molar refractivity (Wildman–Crippen MR) is 46.5 cm³/mol. The standard InChI is InChI=1S/C8H7NOS/c11-8-9-5-6-3-1-2-4-7(6)10-8/h1-4H,5H2,(H,9,11). The SMILES string of the molecule is S=C1NCc2ccccc2O1. The number of hydrogen-bond donors (Lipinski definition) is 1. The normalized spacial score (nSPS) is 14.7. The van der Waals surface area contributed by atoms with Gasteiger partial charge in [-0.25, -0.2) is 0 Å². The Morgan fingerprint density at radius 3 is 3.09 bits per heavy atom. The van der Waals surface area contributed by atoms with Gasteiger partial charge in [-0.2, -0.15) is 0 Å². The molecule has 0 atom stereocenters. The van der Waals surface area contributed by atoms with E-state index in [-0.39, 0.29) is 0 Å². The summed E-state index contributed by atoms with van der Waals surface area (Å²) in [7, 11) is 0. The van der Waals surface area contributed by atoms with E-state index in [0.717, 1.165) is 17.9 Å². The van der Waals surface area contributed by atoms with E-state index in [1.54, 1.807) is 0 Å². The first kappa shape index (κ1) is 6.61. The highest BCUT2D eigenvalue weighted by atomic mass is 32.1. The largest absolute Gasteiger partial charge is 0.432 e. The molecular weight excluding hydrogens is 158 g/mol. The fourth-order valence-electron chi connectivity index (χ4n) is 1.05. The molecule has 2 nitrogen and oxygen atoms in total. The van der Waals surface area contributed by atoms with Crippen molar-refractivity contribution in [3.05, 3.63) is 29.8 Å². The lowest BCUT2D eigenvalue weighted by Crippen LogP contribution is -2.30. The molecule has 2 rings (SSSR count). The minimum atomic E-state index is 0.462. The Bertz CT molecular complexity index is 298. The molecule has 3 heteroatoms. The fourth-order valence-corrected chi connectivity index (χ4v) is 1.21. The minimum absolute atomic E-state index is 0.462. The van der Waals surface area contributed by atoms with Gasteiger partial charge < -0.3 is 10.1 Å². The zero-order chi connectivity index (χ0) is 7.68. The molecule has 0 saturated carbocycles. The van der Waals surface area contributed by atoms with Crippen LogP contribution < -0.4 is 10.1 Å². The first-order valence-corrected chi connectivity index (χ1v) is 3.81. The molecule has 0 aromatic heterocycles. The van der Waals surface area contributed by atoms with Crippen LogP contribution in [0.2, 0.25) is 0 Å². The van der Waals surface area contributed by atoms with E-state index in [9.17, 15) is 0 Å². The highest BCUT2D eigenvalue weighted by molar-refractivity contribution is 7.80. The van der Waals surface area contributed by atoms with Crippen LogP contribution in [0.1, 0.15) is 5.56 Å². The van der Waals surface area contributed by atoms with Gasteiger partial charge in [0.1, 0.15) is 5.75 Å². The maximum Gasteiger partial charge on any atom is 0.262 e. The van der Waals surface area contributed by atoms with Crippen molar-refractivity contribution >= 4 is 17.4 Å². The van der Waals surface area contributed by atoms with Gasteiger partial charge in [-0.05, 0) is 18.3 Å². The van der Waals surface area contributed by atoms with Gasteiger partial charge >= 0.3 is 0 Å². The second-order valence-corrected chi connectivity index (χ2v) is 2.72. The Balaban J connectivity index is 2.41. The lowest BCUT2D eigenvalue weighted by Gasteiger charge is -2.18. The molecule has 1 aliphatic rings. The molecule has 0 radical (unpaired) electrons. The monoisotopic (exact) mass is 165 g/mol. The number of thiocarbonyl (C=S) groups is 1. The highest BCUT2D eigenvalue weighted by Crippen LogP contribution is 2.20. The van der Waals surface area contributed by atoms with Crippen molar-refractivity contribution in [2.45, 2.75) is 6.54 Å². The van der Waals surface area contributed by atoms with Crippen LogP contribution in [0.15, 0.2) is 24.3 Å². The van der Waals surface area contributed by atoms with Gasteiger partial charge in [0.2, 0.25) is 0 Å². The predicted octanol–water partition coefficient (Wildman–Crippen LogP) is 1.45. The van der Waals surface area contributed by atoms with E-state index in [4.69, 9.17) is 17.0 Å². The average Bonchev–Trinajstić information content (AvgIpc) is 2.04. The fraction of sp³-hybridized carbons (Fsp3) is 0.125. The van der Waals surface area contributed by atoms with Crippen LogP contribution in [0.5, 0.6) is 5.75 Å². The van der Waals surface area contributed by atoms with E-state index in [2.05, 4.69) is 5.32 Å². The van der Waals surface area contributed by atoms with Gasteiger partial charge in [0.05, 0.1) is 0 Å². The molecule has 0 spiro atoms. The third-order valence-electron chi connectivity index (χ3n) is 1.60. The number of nitrogens with one attached hydrogen (secondary N) is 1. The van der Waals surface area contributed by atoms with Crippen LogP contribution in [-0.4, -0.2) is 5.17 Å². The molecule has 56 valence electrons. The van der Waals surface area contributed by atoms with Gasteiger partial charge in [-0.15, -0.1) is 0 Å². The second kappa shape index (κ2) is 2.51. The van der Waals surface area contributed by atoms with Crippen LogP contribution in [0.25, 0.3) is 0 Å². The van der Waals surface area contributed by atoms with Crippen molar-refractivity contribution in [2.75, 3.05) is 0 Å². The molecule has 0 aliphatic carbocycles. The number of hydrogen-bond acceptors (Lipinski definition) is 2. The molecule has 0 unspecified atom stereocenters. The van der Waals surface area contributed by atoms with Crippen LogP contribution in [0.4, 0.5) is 0 Å². The molecular formula is C8H7NOS. The van der Waals surface area contributed by atoms with E-state index in [1.807, 2.05) is 24.3 Å². The van der Waals surface area contributed by atoms with Gasteiger partial charge in [0.25, 0.3) is 5.17 Å². The summed E-state index contributed by atoms with van der Waals surface area (Å²) in [5.41, 5.74) is 1.15. The zero-order valence-electron chi connectivity index (χ0n) is 5.83. The molecule has 1 aliphatic heterocycles. The third-order valence-corrected chi connectivity index (χ3v) is 1.83. The van der Waals surface area contributed by atoms with Crippen LogP contribution in [0, 0.1) is 0 Å². The molecule has 1 aromatic carbocycles. The van der Waals surface area contributed by atoms with Gasteiger partial charge in [0, 0.05) is 12.1 Å². The Morgan fingerprint density at radius 2 is 2.18 bits per heavy atom. The topological polar surface area (TPSA) is 21.3 Å². The Kier molecular flexibility index (Phi) is 1.51. The van der Waals surface area contributed by atoms with Crippen LogP contribution in [0.3, 0.4) is 0 Å². The molecule has 11 heavy (non-hydrogen) atoms. The summed E-state index contributed by atoms with van der Waals surface area (Å²) in [6.45, 7) is 0.773. The van der Waals surface area contributed by atoms with Crippen molar-refractivity contribution in [3.63, 3.8) is 0 Å². The summed E-state index contributed by atoms with van der Waals surface area (Å²) >= 11 is 4.85. The van der Waals surface area contributed by atoms with E-state index in [0.29, 0.717) is 5.17 Å². The molecule has 0 fully saturated rings. The van der Waals surface area contributed by atoms with Crippen molar-refractivity contribution in [2.24, 2.45) is 0 Å². The summed E-state index contributed by atoms with van der Waals surface area (Å²) < 4.78 is 5.25. The van der Waals surface area contributed by atoms with E-state index < -0.39 is 0 Å². The Morgan fingerprint density at radius 1 is 1.36 bits per heavy atom. The number of ether oxygens (including phenoxy) is 1. The lowest BCUT2D eigenvalue weighted by molar-refractivity contribution is 0.498. The van der Waals surface area contributed by atoms with Gasteiger partial charge in [0.15, 0.2) is 0 Å². The van der Waals surface area contributed by atoms with Crippen molar-refractivity contribution in [1.82, 2.24) is 5.32 Å². The minimum Gasteiger partial charge on any atom is -0.432 e. The zero-order valence-corrected chi connectivity index (χ0v) is 6.65. The summed E-state index contributed by atoms with van der Waals surface area (Å²) in [6.07, 6.45) is 0. The lowest BCUT2D eigenvalue weighted by atomic mass is 10.2. The number of para-hydroxylation sites is 1. The molecule has 0 amide bonds. The molecule has 1 heterocycles. The summed E-state index contributed by atoms with van der Waals surface area (Å²) in [6, 6.07) is 7.86. The van der Waals surface area contributed by atoms with Crippen LogP contribution >= 0.6 is 12.2 Å². The maximum atomic E-state index is 5.25. The van der Waals surface area contributed by atoms with Gasteiger partial charge in [-0.1, -0.05) is 18.2 Å². The smallest absolute Gasteiger partial charge is 0.262 e. The van der Waals surface area contributed by atoms with Crippen molar-refractivity contribution < 1.29 is 4.74 Å². The van der Waals surface area contributed by atoms with Crippen LogP contribution in [-0.2, 0) is 6.54 Å². The first-order chi connectivity index (χ1) is 5.36. The summed E-state index contributed by atoms with van der Waals surface area (Å²) in [4.78, 5) is 0. The molecule has 1 N–H and O–H groups in total. The average molecular weight is 165 g/mol. The Labute approximate surface area is 70.2 Å². The third kappa shape index (κ3) is 1.19. The molecule has 0 bridgehead atoms. The summed E-state index contributed by atoms with van der Waals surface area (Å²) in [5, 5.41) is 3.41. The highest BCUT2D eigenvalue weighted by Gasteiger charge is 2.11. The summed E-state index contributed by atoms with van der Waals surface area (Å²) in [5.74, 6) is 0.872. The van der Waals surface area contributed by atoms with Gasteiger partial charge in [-0.3, -0.25) is 0 Å². The number of benzene rings is 1. The number of fused-ring (bicyclic) bond motifs is 1. The maximum absolute atomic E-state index is 5.25. The molecule has 0 saturated heterocycles. The second-order valence-electron chi connectivity index (χ2n) is 2.35. The molecule has 1 aromatic rings.